The van der Waals surface area contributed by atoms with Crippen molar-refractivity contribution in [2.75, 3.05) is 5.43 Å². The predicted molar refractivity (Wildman–Crippen MR) is 120 cm³/mol. The predicted octanol–water partition coefficient (Wildman–Crippen LogP) is 5.70. The molecule has 4 rings (SSSR count). The van der Waals surface area contributed by atoms with Gasteiger partial charge < -0.3 is 4.98 Å². The molecule has 1 aliphatic rings. The Kier molecular flexibility index (Phi) is 5.88. The van der Waals surface area contributed by atoms with Crippen LogP contribution in [0.4, 0.5) is 5.95 Å². The fourth-order valence-electron chi connectivity index (χ4n) is 4.38. The van der Waals surface area contributed by atoms with E-state index in [2.05, 4.69) is 57.5 Å². The number of fused-ring (bicyclic) bond motifs is 3. The summed E-state index contributed by atoms with van der Waals surface area (Å²) in [6.07, 6.45) is 10.7. The Bertz CT molecular complexity index is 1030. The van der Waals surface area contributed by atoms with Crippen LogP contribution in [0.3, 0.4) is 0 Å². The number of hydrogen-bond acceptors (Lipinski definition) is 5. The first kappa shape index (κ1) is 19.6. The van der Waals surface area contributed by atoms with Gasteiger partial charge in [0.1, 0.15) is 5.52 Å². The highest BCUT2D eigenvalue weighted by molar-refractivity contribution is 6.03. The third-order valence-electron chi connectivity index (χ3n) is 6.02. The Morgan fingerprint density at radius 2 is 2.10 bits per heavy atom. The third-order valence-corrected chi connectivity index (χ3v) is 6.02. The minimum atomic E-state index is 0.420. The number of hydrazone groups is 1. The number of hydrogen-bond donors (Lipinski definition) is 2. The van der Waals surface area contributed by atoms with Crippen LogP contribution in [0.2, 0.25) is 0 Å². The van der Waals surface area contributed by atoms with Crippen molar-refractivity contribution in [3.8, 4) is 0 Å². The molecule has 0 unspecified atom stereocenters. The molecule has 1 aromatic carbocycles. The summed E-state index contributed by atoms with van der Waals surface area (Å²) in [6, 6.07) is 8.02. The molecule has 3 atom stereocenters. The minimum absolute atomic E-state index is 0.420. The fraction of sp³-hybridized carbons (Fsp3) is 0.478. The molecular formula is C23H30N6. The van der Waals surface area contributed by atoms with Gasteiger partial charge in [-0.2, -0.15) is 10.1 Å². The number of rotatable bonds is 6. The number of anilines is 1. The van der Waals surface area contributed by atoms with Gasteiger partial charge in [-0.05, 0) is 69.8 Å². The number of nitrogens with zero attached hydrogens (tertiary/aromatic N) is 4. The molecule has 2 aromatic heterocycles. The smallest absolute Gasteiger partial charge is 0.265 e. The summed E-state index contributed by atoms with van der Waals surface area (Å²) in [6.45, 7) is 6.70. The van der Waals surface area contributed by atoms with Crippen molar-refractivity contribution in [3.63, 3.8) is 0 Å². The molecule has 0 aliphatic heterocycles. The van der Waals surface area contributed by atoms with E-state index in [1.165, 1.54) is 37.7 Å². The lowest BCUT2D eigenvalue weighted by Gasteiger charge is -2.32. The molecule has 1 fully saturated rings. The Morgan fingerprint density at radius 3 is 2.93 bits per heavy atom. The van der Waals surface area contributed by atoms with Crippen LogP contribution in [0.5, 0.6) is 0 Å². The maximum absolute atomic E-state index is 4.51. The van der Waals surface area contributed by atoms with Crippen molar-refractivity contribution < 1.29 is 0 Å². The number of H-pyrrole nitrogens is 1. The lowest BCUT2D eigenvalue weighted by atomic mass is 9.74. The molecule has 0 saturated heterocycles. The molecule has 2 heterocycles. The molecule has 0 bridgehead atoms. The average Bonchev–Trinajstić information content (AvgIpc) is 3.07. The molecule has 1 aliphatic carbocycles. The number of para-hydroxylation sites is 1. The normalized spacial score (nSPS) is 22.4. The summed E-state index contributed by atoms with van der Waals surface area (Å²) in [5, 5.41) is 14.0. The standard InChI is InChI=1S/C23H30N6/c1-15(2)7-6-8-17-11-12-18(16(3)13-17)14-24-28-23-26-22-21(27-29-23)19-9-4-5-10-20(19)25-22/h4-5,7,9-10,14,16-18H,6,8,11-13H2,1-3H3,(H2,25,26,28,29)/b24-14+/t16-,17-,18+/m0/s1. The Hall–Kier alpha value is -2.76. The molecule has 29 heavy (non-hydrogen) atoms. The van der Waals surface area contributed by atoms with Gasteiger partial charge >= 0.3 is 0 Å². The van der Waals surface area contributed by atoms with E-state index in [0.29, 0.717) is 17.8 Å². The largest absolute Gasteiger partial charge is 0.338 e. The van der Waals surface area contributed by atoms with E-state index in [1.54, 1.807) is 0 Å². The zero-order valence-corrected chi connectivity index (χ0v) is 17.5. The van der Waals surface area contributed by atoms with Crippen LogP contribution < -0.4 is 5.43 Å². The summed E-state index contributed by atoms with van der Waals surface area (Å²) >= 11 is 0. The second-order valence-corrected chi connectivity index (χ2v) is 8.57. The Morgan fingerprint density at radius 1 is 1.24 bits per heavy atom. The van der Waals surface area contributed by atoms with E-state index in [4.69, 9.17) is 0 Å². The number of benzene rings is 1. The molecule has 6 nitrogen and oxygen atoms in total. The van der Waals surface area contributed by atoms with Gasteiger partial charge in [0, 0.05) is 17.1 Å². The zero-order chi connectivity index (χ0) is 20.2. The molecule has 0 radical (unpaired) electrons. The van der Waals surface area contributed by atoms with Gasteiger partial charge in [-0.1, -0.05) is 36.8 Å². The van der Waals surface area contributed by atoms with E-state index in [1.807, 2.05) is 30.5 Å². The molecule has 2 N–H and O–H groups in total. The summed E-state index contributed by atoms with van der Waals surface area (Å²) < 4.78 is 0. The maximum Gasteiger partial charge on any atom is 0.265 e. The van der Waals surface area contributed by atoms with Crippen molar-refractivity contribution in [2.45, 2.75) is 52.9 Å². The highest BCUT2D eigenvalue weighted by atomic mass is 15.4. The van der Waals surface area contributed by atoms with E-state index in [-0.39, 0.29) is 0 Å². The Balaban J connectivity index is 1.34. The van der Waals surface area contributed by atoms with Gasteiger partial charge in [0.25, 0.3) is 5.95 Å². The number of allylic oxidation sites excluding steroid dienone is 2. The van der Waals surface area contributed by atoms with Crippen molar-refractivity contribution in [1.29, 1.82) is 0 Å². The lowest BCUT2D eigenvalue weighted by molar-refractivity contribution is 0.235. The second kappa shape index (κ2) is 8.72. The van der Waals surface area contributed by atoms with Gasteiger partial charge in [0.15, 0.2) is 5.65 Å². The highest BCUT2D eigenvalue weighted by Crippen LogP contribution is 2.35. The van der Waals surface area contributed by atoms with Crippen LogP contribution in [0.1, 0.15) is 52.9 Å². The van der Waals surface area contributed by atoms with Gasteiger partial charge in [-0.25, -0.2) is 5.43 Å². The van der Waals surface area contributed by atoms with Gasteiger partial charge in [-0.3, -0.25) is 0 Å². The summed E-state index contributed by atoms with van der Waals surface area (Å²) in [5.41, 5.74) is 6.91. The van der Waals surface area contributed by atoms with E-state index >= 15 is 0 Å². The molecule has 0 amide bonds. The van der Waals surface area contributed by atoms with Gasteiger partial charge in [0.2, 0.25) is 0 Å². The first-order valence-corrected chi connectivity index (χ1v) is 10.6. The molecular weight excluding hydrogens is 360 g/mol. The number of aromatic nitrogens is 4. The van der Waals surface area contributed by atoms with Crippen LogP contribution in [0.25, 0.3) is 22.1 Å². The lowest BCUT2D eigenvalue weighted by Crippen LogP contribution is -2.24. The third kappa shape index (κ3) is 4.63. The average molecular weight is 391 g/mol. The highest BCUT2D eigenvalue weighted by Gasteiger charge is 2.26. The second-order valence-electron chi connectivity index (χ2n) is 8.57. The first-order chi connectivity index (χ1) is 14.1. The van der Waals surface area contributed by atoms with Crippen LogP contribution in [0.15, 0.2) is 41.0 Å². The molecule has 6 heteroatoms. The van der Waals surface area contributed by atoms with E-state index < -0.39 is 0 Å². The van der Waals surface area contributed by atoms with Crippen LogP contribution in [0, 0.1) is 17.8 Å². The first-order valence-electron chi connectivity index (χ1n) is 10.6. The van der Waals surface area contributed by atoms with Crippen LogP contribution in [-0.4, -0.2) is 26.4 Å². The zero-order valence-electron chi connectivity index (χ0n) is 17.5. The molecule has 1 saturated carbocycles. The molecule has 152 valence electrons. The van der Waals surface area contributed by atoms with Gasteiger partial charge in [-0.15, -0.1) is 10.2 Å². The minimum Gasteiger partial charge on any atom is -0.338 e. The fourth-order valence-corrected chi connectivity index (χ4v) is 4.38. The summed E-state index contributed by atoms with van der Waals surface area (Å²) in [4.78, 5) is 7.80. The monoisotopic (exact) mass is 390 g/mol. The van der Waals surface area contributed by atoms with E-state index in [0.717, 1.165) is 28.0 Å². The summed E-state index contributed by atoms with van der Waals surface area (Å²) in [7, 11) is 0. The quantitative estimate of drug-likeness (QED) is 0.321. The van der Waals surface area contributed by atoms with Crippen molar-refractivity contribution >= 4 is 34.2 Å². The maximum atomic E-state index is 4.51. The summed E-state index contributed by atoms with van der Waals surface area (Å²) in [5.74, 6) is 2.42. The van der Waals surface area contributed by atoms with Crippen molar-refractivity contribution in [3.05, 3.63) is 35.9 Å². The molecule has 3 aromatic rings. The SMILES string of the molecule is CC(C)=CCC[C@H]1CC[C@H](/C=N/Nc2nnc3c(n2)[nH]c2ccccc23)[C@@H](C)C1. The number of nitrogens with one attached hydrogen (secondary N) is 2. The van der Waals surface area contributed by atoms with Crippen molar-refractivity contribution in [2.24, 2.45) is 22.9 Å². The van der Waals surface area contributed by atoms with Crippen LogP contribution in [-0.2, 0) is 0 Å². The van der Waals surface area contributed by atoms with Gasteiger partial charge in [0.05, 0.1) is 0 Å². The van der Waals surface area contributed by atoms with Crippen LogP contribution >= 0.6 is 0 Å². The topological polar surface area (TPSA) is 78.8 Å². The number of aromatic amines is 1. The Labute approximate surface area is 171 Å². The molecule has 0 spiro atoms. The van der Waals surface area contributed by atoms with E-state index in [9.17, 15) is 0 Å². The van der Waals surface area contributed by atoms with Crippen molar-refractivity contribution in [1.82, 2.24) is 20.2 Å².